The topological polar surface area (TPSA) is 88.3 Å². The maximum absolute atomic E-state index is 12.4. The number of Topliss-reactive ketones (excluding diaryl/α,β-unsaturated/α-hetero) is 1. The molecule has 2 rings (SSSR count). The largest absolute Gasteiger partial charge is 0.465 e. The fourth-order valence-electron chi connectivity index (χ4n) is 3.38. The van der Waals surface area contributed by atoms with Crippen molar-refractivity contribution in [3.8, 4) is 0 Å². The molecule has 24 heavy (non-hydrogen) atoms. The monoisotopic (exact) mass is 334 g/mol. The summed E-state index contributed by atoms with van der Waals surface area (Å²) in [4.78, 5) is 39.0. The first kappa shape index (κ1) is 18.2. The highest BCUT2D eigenvalue weighted by atomic mass is 16.5. The van der Waals surface area contributed by atoms with Crippen molar-refractivity contribution in [1.82, 2.24) is 10.3 Å². The van der Waals surface area contributed by atoms with Gasteiger partial charge in [-0.15, -0.1) is 0 Å². The Kier molecular flexibility index (Phi) is 6.17. The number of esters is 1. The van der Waals surface area contributed by atoms with Gasteiger partial charge in [-0.2, -0.15) is 0 Å². The van der Waals surface area contributed by atoms with Crippen LogP contribution in [-0.2, 0) is 16.0 Å². The van der Waals surface area contributed by atoms with E-state index in [9.17, 15) is 14.4 Å². The van der Waals surface area contributed by atoms with Crippen molar-refractivity contribution in [2.75, 3.05) is 7.11 Å². The van der Waals surface area contributed by atoms with Crippen LogP contribution in [0.3, 0.4) is 0 Å². The number of carbonyl (C=O) groups excluding carboxylic acids is 3. The third-order valence-corrected chi connectivity index (χ3v) is 4.63. The second-order valence-electron chi connectivity index (χ2n) is 6.46. The van der Waals surface area contributed by atoms with E-state index in [0.29, 0.717) is 22.5 Å². The molecule has 0 radical (unpaired) electrons. The summed E-state index contributed by atoms with van der Waals surface area (Å²) in [6.45, 7) is 3.11. The van der Waals surface area contributed by atoms with Gasteiger partial charge in [-0.25, -0.2) is 4.79 Å². The number of H-pyrrole nitrogens is 1. The number of hydrogen-bond donors (Lipinski definition) is 2. The summed E-state index contributed by atoms with van der Waals surface area (Å²) in [6.07, 6.45) is 6.74. The Bertz CT molecular complexity index is 625. The van der Waals surface area contributed by atoms with Crippen LogP contribution in [0.15, 0.2) is 0 Å². The Morgan fingerprint density at radius 3 is 2.33 bits per heavy atom. The van der Waals surface area contributed by atoms with E-state index in [1.165, 1.54) is 26.9 Å². The van der Waals surface area contributed by atoms with E-state index in [1.807, 2.05) is 0 Å². The first-order chi connectivity index (χ1) is 11.4. The molecule has 0 aromatic carbocycles. The smallest absolute Gasteiger partial charge is 0.339 e. The molecule has 1 heterocycles. The molecule has 1 amide bonds. The molecule has 1 aromatic heterocycles. The number of methoxy groups -OCH3 is 1. The van der Waals surface area contributed by atoms with E-state index >= 15 is 0 Å². The highest BCUT2D eigenvalue weighted by Gasteiger charge is 2.25. The normalized spacial score (nSPS) is 15.6. The molecular formula is C18H26N2O4. The highest BCUT2D eigenvalue weighted by molar-refractivity contribution is 6.01. The van der Waals surface area contributed by atoms with Crippen molar-refractivity contribution >= 4 is 17.7 Å². The highest BCUT2D eigenvalue weighted by Crippen LogP contribution is 2.21. The van der Waals surface area contributed by atoms with Crippen LogP contribution in [0.5, 0.6) is 0 Å². The minimum Gasteiger partial charge on any atom is -0.465 e. The minimum atomic E-state index is -0.534. The summed E-state index contributed by atoms with van der Waals surface area (Å²) in [7, 11) is 1.29. The molecule has 0 aliphatic heterocycles. The molecule has 1 aromatic rings. The molecule has 0 unspecified atom stereocenters. The molecule has 1 aliphatic carbocycles. The van der Waals surface area contributed by atoms with Crippen LogP contribution in [0, 0.1) is 6.92 Å². The minimum absolute atomic E-state index is 0.0368. The van der Waals surface area contributed by atoms with E-state index in [4.69, 9.17) is 4.74 Å². The maximum Gasteiger partial charge on any atom is 0.339 e. The summed E-state index contributed by atoms with van der Waals surface area (Å²) in [5, 5.41) is 3.05. The average molecular weight is 334 g/mol. The third-order valence-electron chi connectivity index (χ3n) is 4.63. The zero-order chi connectivity index (χ0) is 17.7. The van der Waals surface area contributed by atoms with Crippen LogP contribution >= 0.6 is 0 Å². The maximum atomic E-state index is 12.4. The van der Waals surface area contributed by atoms with Gasteiger partial charge in [0.2, 0.25) is 5.91 Å². The molecule has 1 fully saturated rings. The zero-order valence-electron chi connectivity index (χ0n) is 14.7. The molecule has 132 valence electrons. The van der Waals surface area contributed by atoms with Crippen LogP contribution in [0.1, 0.15) is 77.6 Å². The number of rotatable bonds is 5. The summed E-state index contributed by atoms with van der Waals surface area (Å²) in [5.41, 5.74) is 1.62. The first-order valence-corrected chi connectivity index (χ1v) is 8.54. The van der Waals surface area contributed by atoms with Gasteiger partial charge in [-0.3, -0.25) is 9.59 Å². The number of amides is 1. The Balaban J connectivity index is 2.15. The van der Waals surface area contributed by atoms with E-state index in [-0.39, 0.29) is 24.2 Å². The van der Waals surface area contributed by atoms with E-state index in [2.05, 4.69) is 10.3 Å². The van der Waals surface area contributed by atoms with Crippen LogP contribution in [0.2, 0.25) is 0 Å². The van der Waals surface area contributed by atoms with Crippen molar-refractivity contribution < 1.29 is 19.1 Å². The molecule has 0 saturated heterocycles. The lowest BCUT2D eigenvalue weighted by atomic mass is 10.1. The number of carbonyl (C=O) groups is 3. The van der Waals surface area contributed by atoms with E-state index in [1.54, 1.807) is 6.92 Å². The lowest BCUT2D eigenvalue weighted by molar-refractivity contribution is -0.121. The standard InChI is InChI=1S/C18H26N2O4/c1-11-16(18(23)24-3)14(20-17(11)12(2)21)10-15(22)19-13-8-6-4-5-7-9-13/h13,20H,4-10H2,1-3H3,(H,19,22). The van der Waals surface area contributed by atoms with E-state index in [0.717, 1.165) is 25.7 Å². The van der Waals surface area contributed by atoms with Gasteiger partial charge in [0, 0.05) is 18.7 Å². The van der Waals surface area contributed by atoms with Gasteiger partial charge >= 0.3 is 5.97 Å². The van der Waals surface area contributed by atoms with Crippen LogP contribution in [0.25, 0.3) is 0 Å². The summed E-state index contributed by atoms with van der Waals surface area (Å²) in [5.74, 6) is -0.843. The molecular weight excluding hydrogens is 308 g/mol. The summed E-state index contributed by atoms with van der Waals surface area (Å²) in [6, 6.07) is 0.199. The van der Waals surface area contributed by atoms with Crippen molar-refractivity contribution in [3.05, 3.63) is 22.5 Å². The van der Waals surface area contributed by atoms with Gasteiger partial charge in [-0.05, 0) is 25.3 Å². The fraction of sp³-hybridized carbons (Fsp3) is 0.611. The first-order valence-electron chi connectivity index (χ1n) is 8.54. The number of hydrogen-bond acceptors (Lipinski definition) is 4. The molecule has 1 aliphatic rings. The van der Waals surface area contributed by atoms with Crippen molar-refractivity contribution in [2.45, 2.75) is 64.8 Å². The molecule has 0 spiro atoms. The van der Waals surface area contributed by atoms with Gasteiger partial charge in [-0.1, -0.05) is 25.7 Å². The predicted octanol–water partition coefficient (Wildman–Crippen LogP) is 2.69. The average Bonchev–Trinajstić information content (AvgIpc) is 2.71. The van der Waals surface area contributed by atoms with Crippen molar-refractivity contribution in [3.63, 3.8) is 0 Å². The Hall–Kier alpha value is -2.11. The second kappa shape index (κ2) is 8.13. The Labute approximate surface area is 142 Å². The second-order valence-corrected chi connectivity index (χ2v) is 6.46. The molecule has 2 N–H and O–H groups in total. The van der Waals surface area contributed by atoms with Crippen LogP contribution in [0.4, 0.5) is 0 Å². The quantitative estimate of drug-likeness (QED) is 0.492. The Morgan fingerprint density at radius 2 is 1.79 bits per heavy atom. The van der Waals surface area contributed by atoms with Gasteiger partial charge in [0.25, 0.3) is 0 Å². The number of nitrogens with one attached hydrogen (secondary N) is 2. The molecule has 0 bridgehead atoms. The van der Waals surface area contributed by atoms with Gasteiger partial charge < -0.3 is 15.0 Å². The van der Waals surface area contributed by atoms with Gasteiger partial charge in [0.1, 0.15) is 0 Å². The lowest BCUT2D eigenvalue weighted by Crippen LogP contribution is -2.35. The number of ether oxygens (including phenoxy) is 1. The molecule has 0 atom stereocenters. The van der Waals surface area contributed by atoms with Crippen molar-refractivity contribution in [2.24, 2.45) is 0 Å². The predicted molar refractivity (Wildman–Crippen MR) is 90.2 cm³/mol. The van der Waals surface area contributed by atoms with Crippen LogP contribution < -0.4 is 5.32 Å². The van der Waals surface area contributed by atoms with Crippen LogP contribution in [-0.4, -0.2) is 35.8 Å². The lowest BCUT2D eigenvalue weighted by Gasteiger charge is -2.16. The van der Waals surface area contributed by atoms with E-state index < -0.39 is 5.97 Å². The number of ketones is 1. The molecule has 1 saturated carbocycles. The number of aromatic amines is 1. The number of aromatic nitrogens is 1. The van der Waals surface area contributed by atoms with Gasteiger partial charge in [0.15, 0.2) is 5.78 Å². The molecule has 6 nitrogen and oxygen atoms in total. The zero-order valence-corrected chi connectivity index (χ0v) is 14.7. The SMILES string of the molecule is COC(=O)c1c(CC(=O)NC2CCCCCC2)[nH]c(C(C)=O)c1C. The third kappa shape index (κ3) is 4.24. The molecule has 6 heteroatoms. The van der Waals surface area contributed by atoms with Gasteiger partial charge in [0.05, 0.1) is 24.8 Å². The van der Waals surface area contributed by atoms with Crippen molar-refractivity contribution in [1.29, 1.82) is 0 Å². The Morgan fingerprint density at radius 1 is 1.17 bits per heavy atom. The fourth-order valence-corrected chi connectivity index (χ4v) is 3.38. The summed E-state index contributed by atoms with van der Waals surface area (Å²) < 4.78 is 4.80. The summed E-state index contributed by atoms with van der Waals surface area (Å²) >= 11 is 0.